The van der Waals surface area contributed by atoms with Crippen molar-refractivity contribution in [1.29, 1.82) is 0 Å². The summed E-state index contributed by atoms with van der Waals surface area (Å²) < 4.78 is 39.7. The summed E-state index contributed by atoms with van der Waals surface area (Å²) in [5.41, 5.74) is -0.00889. The number of carbonyl (C=O) groups is 2. The van der Waals surface area contributed by atoms with E-state index in [-0.39, 0.29) is 30.8 Å². The number of amides is 2. The highest BCUT2D eigenvalue weighted by molar-refractivity contribution is 6.30. The van der Waals surface area contributed by atoms with Crippen molar-refractivity contribution in [2.24, 2.45) is 11.8 Å². The summed E-state index contributed by atoms with van der Waals surface area (Å²) in [6.45, 7) is 4.62. The quantitative estimate of drug-likeness (QED) is 0.695. The Morgan fingerprint density at radius 2 is 1.84 bits per heavy atom. The van der Waals surface area contributed by atoms with Crippen molar-refractivity contribution in [3.05, 3.63) is 70.2 Å². The maximum Gasteiger partial charge on any atom is 0.416 e. The highest BCUT2D eigenvalue weighted by Gasteiger charge is 2.41. The van der Waals surface area contributed by atoms with Gasteiger partial charge in [0.05, 0.1) is 11.5 Å². The highest BCUT2D eigenvalue weighted by atomic mass is 35.5. The fourth-order valence-electron chi connectivity index (χ4n) is 3.76. The molecule has 1 aliphatic heterocycles. The molecule has 2 atom stereocenters. The predicted octanol–water partition coefficient (Wildman–Crippen LogP) is 4.99. The Morgan fingerprint density at radius 1 is 1.13 bits per heavy atom. The molecular weight excluding hydrogens is 429 g/mol. The van der Waals surface area contributed by atoms with Gasteiger partial charge in [-0.25, -0.2) is 0 Å². The molecule has 2 aromatic rings. The zero-order valence-corrected chi connectivity index (χ0v) is 18.0. The second kappa shape index (κ2) is 9.30. The Hall–Kier alpha value is -2.54. The fraction of sp³-hybridized carbons (Fsp3) is 0.391. The molecular formula is C23H24ClF3N2O2. The van der Waals surface area contributed by atoms with Crippen LogP contribution in [0.15, 0.2) is 48.5 Å². The minimum atomic E-state index is -4.49. The summed E-state index contributed by atoms with van der Waals surface area (Å²) in [6, 6.07) is 11.5. The molecule has 1 aliphatic rings. The number of likely N-dealkylation sites (tertiary alicyclic amines) is 1. The Kier molecular flexibility index (Phi) is 6.94. The first-order valence-corrected chi connectivity index (χ1v) is 10.4. The summed E-state index contributed by atoms with van der Waals surface area (Å²) in [7, 11) is 0. The van der Waals surface area contributed by atoms with Gasteiger partial charge in [-0.15, -0.1) is 0 Å². The average molecular weight is 453 g/mol. The fourth-order valence-corrected chi connectivity index (χ4v) is 3.95. The Labute approximate surface area is 184 Å². The highest BCUT2D eigenvalue weighted by Crippen LogP contribution is 2.37. The van der Waals surface area contributed by atoms with Crippen LogP contribution in [0, 0.1) is 11.8 Å². The molecule has 0 aromatic heterocycles. The van der Waals surface area contributed by atoms with Crippen molar-refractivity contribution < 1.29 is 22.8 Å². The number of carbonyl (C=O) groups excluding carboxylic acids is 2. The molecule has 0 aliphatic carbocycles. The third-order valence-corrected chi connectivity index (χ3v) is 5.58. The van der Waals surface area contributed by atoms with Crippen LogP contribution >= 0.6 is 11.6 Å². The van der Waals surface area contributed by atoms with Gasteiger partial charge in [0.1, 0.15) is 0 Å². The van der Waals surface area contributed by atoms with Crippen LogP contribution in [0.2, 0.25) is 5.02 Å². The van der Waals surface area contributed by atoms with E-state index in [0.29, 0.717) is 22.7 Å². The van der Waals surface area contributed by atoms with Crippen LogP contribution < -0.4 is 5.32 Å². The molecule has 0 spiro atoms. The molecule has 3 rings (SSSR count). The zero-order valence-electron chi connectivity index (χ0n) is 17.2. The van der Waals surface area contributed by atoms with E-state index in [1.54, 1.807) is 24.3 Å². The number of rotatable bonds is 5. The van der Waals surface area contributed by atoms with E-state index in [9.17, 15) is 22.8 Å². The van der Waals surface area contributed by atoms with Crippen molar-refractivity contribution >= 4 is 23.4 Å². The van der Waals surface area contributed by atoms with E-state index in [1.165, 1.54) is 17.0 Å². The number of benzene rings is 2. The van der Waals surface area contributed by atoms with Gasteiger partial charge in [0.25, 0.3) is 5.91 Å². The monoisotopic (exact) mass is 452 g/mol. The number of hydrogen-bond acceptors (Lipinski definition) is 2. The van der Waals surface area contributed by atoms with Crippen molar-refractivity contribution in [1.82, 2.24) is 10.2 Å². The summed E-state index contributed by atoms with van der Waals surface area (Å²) >= 11 is 5.99. The van der Waals surface area contributed by atoms with Crippen LogP contribution in [0.4, 0.5) is 13.2 Å². The first-order valence-electron chi connectivity index (χ1n) is 10.1. The second-order valence-electron chi connectivity index (χ2n) is 8.20. The number of hydrogen-bond donors (Lipinski definition) is 1. The lowest BCUT2D eigenvalue weighted by Gasteiger charge is -2.20. The second-order valence-corrected chi connectivity index (χ2v) is 8.63. The average Bonchev–Trinajstić information content (AvgIpc) is 3.16. The van der Waals surface area contributed by atoms with Gasteiger partial charge in [-0.3, -0.25) is 9.59 Å². The molecule has 1 heterocycles. The maximum atomic E-state index is 13.2. The van der Waals surface area contributed by atoms with Crippen LogP contribution in [0.3, 0.4) is 0 Å². The topological polar surface area (TPSA) is 49.4 Å². The first-order chi connectivity index (χ1) is 14.6. The van der Waals surface area contributed by atoms with Crippen LogP contribution in [0.25, 0.3) is 0 Å². The minimum absolute atomic E-state index is 0.121. The lowest BCUT2D eigenvalue weighted by molar-refractivity contribution is -0.137. The number of nitrogens with one attached hydrogen (secondary N) is 1. The largest absolute Gasteiger partial charge is 0.416 e. The van der Waals surface area contributed by atoms with Crippen LogP contribution in [0.1, 0.15) is 41.3 Å². The molecule has 1 saturated heterocycles. The van der Waals surface area contributed by atoms with Crippen molar-refractivity contribution in [3.8, 4) is 0 Å². The van der Waals surface area contributed by atoms with Crippen LogP contribution in [0.5, 0.6) is 0 Å². The van der Waals surface area contributed by atoms with E-state index in [0.717, 1.165) is 12.1 Å². The van der Waals surface area contributed by atoms with E-state index < -0.39 is 23.6 Å². The summed E-state index contributed by atoms with van der Waals surface area (Å²) in [5, 5.41) is 3.26. The maximum absolute atomic E-state index is 13.2. The SMILES string of the molecule is CC(C)CNC(=O)[C@H]1CN(C(=O)c2cccc(Cl)c2)C[C@@H]1c1cccc(C(F)(F)F)c1. The van der Waals surface area contributed by atoms with Gasteiger partial charge in [0.2, 0.25) is 5.91 Å². The third kappa shape index (κ3) is 5.58. The van der Waals surface area contributed by atoms with E-state index >= 15 is 0 Å². The summed E-state index contributed by atoms with van der Waals surface area (Å²) in [5.74, 6) is -1.54. The zero-order chi connectivity index (χ0) is 22.8. The van der Waals surface area contributed by atoms with Gasteiger partial charge in [0, 0.05) is 36.1 Å². The molecule has 1 fully saturated rings. The van der Waals surface area contributed by atoms with Gasteiger partial charge < -0.3 is 10.2 Å². The number of nitrogens with zero attached hydrogens (tertiary/aromatic N) is 1. The normalized spacial score (nSPS) is 19.0. The van der Waals surface area contributed by atoms with Gasteiger partial charge in [-0.05, 0) is 35.7 Å². The van der Waals surface area contributed by atoms with Crippen molar-refractivity contribution in [2.45, 2.75) is 25.9 Å². The predicted molar refractivity (Wildman–Crippen MR) is 113 cm³/mol. The van der Waals surface area contributed by atoms with E-state index in [1.807, 2.05) is 13.8 Å². The van der Waals surface area contributed by atoms with Crippen LogP contribution in [-0.2, 0) is 11.0 Å². The van der Waals surface area contributed by atoms with Crippen molar-refractivity contribution in [2.75, 3.05) is 19.6 Å². The summed E-state index contributed by atoms with van der Waals surface area (Å²) in [6.07, 6.45) is -4.49. The molecule has 0 radical (unpaired) electrons. The molecule has 8 heteroatoms. The van der Waals surface area contributed by atoms with Gasteiger partial charge in [-0.1, -0.05) is 49.7 Å². The minimum Gasteiger partial charge on any atom is -0.356 e. The lowest BCUT2D eigenvalue weighted by Crippen LogP contribution is -2.37. The Morgan fingerprint density at radius 3 is 2.48 bits per heavy atom. The molecule has 4 nitrogen and oxygen atoms in total. The number of alkyl halides is 3. The standard InChI is InChI=1S/C23H24ClF3N2O2/c1-14(2)11-28-21(30)20-13-29(22(31)16-6-4-8-18(24)10-16)12-19(20)15-5-3-7-17(9-15)23(25,26)27/h3-10,14,19-20H,11-13H2,1-2H3,(H,28,30)/t19-,20+/m1/s1. The van der Waals surface area contributed by atoms with Crippen LogP contribution in [-0.4, -0.2) is 36.3 Å². The van der Waals surface area contributed by atoms with E-state index in [4.69, 9.17) is 11.6 Å². The number of halogens is 4. The molecule has 1 N–H and O–H groups in total. The van der Waals surface area contributed by atoms with Crippen molar-refractivity contribution in [3.63, 3.8) is 0 Å². The van der Waals surface area contributed by atoms with Gasteiger partial charge in [-0.2, -0.15) is 13.2 Å². The third-order valence-electron chi connectivity index (χ3n) is 5.34. The Bertz CT molecular complexity index is 962. The molecule has 0 unspecified atom stereocenters. The smallest absolute Gasteiger partial charge is 0.356 e. The molecule has 0 bridgehead atoms. The molecule has 31 heavy (non-hydrogen) atoms. The molecule has 2 amide bonds. The molecule has 0 saturated carbocycles. The Balaban J connectivity index is 1.90. The lowest BCUT2D eigenvalue weighted by atomic mass is 9.87. The van der Waals surface area contributed by atoms with E-state index in [2.05, 4.69) is 5.32 Å². The molecule has 166 valence electrons. The molecule has 2 aromatic carbocycles. The van der Waals surface area contributed by atoms with Gasteiger partial charge in [0.15, 0.2) is 0 Å². The summed E-state index contributed by atoms with van der Waals surface area (Å²) in [4.78, 5) is 27.4. The first kappa shape index (κ1) is 23.1. The van der Waals surface area contributed by atoms with Gasteiger partial charge >= 0.3 is 6.18 Å².